The molecular formula is C23H15ClN2O5. The lowest BCUT2D eigenvalue weighted by Crippen LogP contribution is -2.06. The number of halogens is 1. The average Bonchev–Trinajstić information content (AvgIpc) is 3.13. The van der Waals surface area contributed by atoms with Crippen LogP contribution in [-0.4, -0.2) is 16.8 Å². The van der Waals surface area contributed by atoms with Crippen LogP contribution in [0.1, 0.15) is 16.7 Å². The Morgan fingerprint density at radius 1 is 1.06 bits per heavy atom. The van der Waals surface area contributed by atoms with E-state index >= 15 is 0 Å². The molecule has 3 aromatic rings. The third-order valence-corrected chi connectivity index (χ3v) is 4.76. The maximum atomic E-state index is 12.2. The quantitative estimate of drug-likeness (QED) is 0.231. The molecule has 0 spiro atoms. The highest BCUT2D eigenvalue weighted by Crippen LogP contribution is 2.27. The normalized spacial score (nSPS) is 14.3. The molecule has 7 nitrogen and oxygen atoms in total. The van der Waals surface area contributed by atoms with E-state index in [2.05, 4.69) is 4.99 Å². The van der Waals surface area contributed by atoms with Gasteiger partial charge in [-0.15, -0.1) is 0 Å². The Morgan fingerprint density at radius 2 is 1.81 bits per heavy atom. The first kappa shape index (κ1) is 20.3. The summed E-state index contributed by atoms with van der Waals surface area (Å²) in [5, 5.41) is 10.9. The Labute approximate surface area is 182 Å². The third-order valence-electron chi connectivity index (χ3n) is 4.45. The molecule has 4 rings (SSSR count). The first-order valence-electron chi connectivity index (χ1n) is 9.23. The lowest BCUT2D eigenvalue weighted by molar-refractivity contribution is -0.384. The predicted octanol–water partition coefficient (Wildman–Crippen LogP) is 5.17. The van der Waals surface area contributed by atoms with E-state index in [-0.39, 0.29) is 22.3 Å². The second-order valence-corrected chi connectivity index (χ2v) is 7.01. The summed E-state index contributed by atoms with van der Waals surface area (Å²) >= 11 is 6.09. The minimum absolute atomic E-state index is 0.000961. The van der Waals surface area contributed by atoms with Gasteiger partial charge in [0.25, 0.3) is 5.69 Å². The largest absolute Gasteiger partial charge is 0.489 e. The van der Waals surface area contributed by atoms with Crippen LogP contribution in [0.25, 0.3) is 6.08 Å². The number of esters is 1. The maximum absolute atomic E-state index is 12.2. The SMILES string of the molecule is O=C1OC(c2ccc([N+](=O)[O-])cc2Cl)=N/C1=C\c1ccc(OCc2ccccc2)cc1. The standard InChI is InChI=1S/C23H15ClN2O5/c24-20-13-17(26(28)29)8-11-19(20)22-25-21(23(27)31-22)12-15-6-9-18(10-7-15)30-14-16-4-2-1-3-5-16/h1-13H,14H2/b21-12-. The number of carbonyl (C=O) groups is 1. The molecule has 0 radical (unpaired) electrons. The fraction of sp³-hybridized carbons (Fsp3) is 0.0435. The van der Waals surface area contributed by atoms with Gasteiger partial charge in [-0.05, 0) is 35.4 Å². The van der Waals surface area contributed by atoms with Gasteiger partial charge in [-0.25, -0.2) is 9.79 Å². The Bertz CT molecular complexity index is 1200. The summed E-state index contributed by atoms with van der Waals surface area (Å²) in [4.78, 5) is 26.7. The van der Waals surface area contributed by atoms with Gasteiger partial charge in [0.1, 0.15) is 12.4 Å². The molecule has 1 heterocycles. The monoisotopic (exact) mass is 434 g/mol. The number of ether oxygens (including phenoxy) is 2. The fourth-order valence-corrected chi connectivity index (χ4v) is 3.13. The molecule has 1 aliphatic rings. The zero-order chi connectivity index (χ0) is 21.8. The lowest BCUT2D eigenvalue weighted by Gasteiger charge is -2.06. The van der Waals surface area contributed by atoms with Crippen molar-refractivity contribution in [3.63, 3.8) is 0 Å². The van der Waals surface area contributed by atoms with Gasteiger partial charge in [0.2, 0.25) is 5.90 Å². The van der Waals surface area contributed by atoms with E-state index < -0.39 is 10.9 Å². The molecule has 0 aromatic heterocycles. The maximum Gasteiger partial charge on any atom is 0.363 e. The van der Waals surface area contributed by atoms with Crippen LogP contribution in [0.3, 0.4) is 0 Å². The molecule has 0 aliphatic carbocycles. The average molecular weight is 435 g/mol. The summed E-state index contributed by atoms with van der Waals surface area (Å²) in [6, 6.07) is 20.9. The lowest BCUT2D eigenvalue weighted by atomic mass is 10.2. The molecule has 8 heteroatoms. The molecule has 0 N–H and O–H groups in total. The number of benzene rings is 3. The number of nitrogens with zero attached hydrogens (tertiary/aromatic N) is 2. The van der Waals surface area contributed by atoms with Crippen LogP contribution in [0.5, 0.6) is 5.75 Å². The van der Waals surface area contributed by atoms with Crippen molar-refractivity contribution in [1.29, 1.82) is 0 Å². The predicted molar refractivity (Wildman–Crippen MR) is 116 cm³/mol. The van der Waals surface area contributed by atoms with Crippen molar-refractivity contribution in [1.82, 2.24) is 0 Å². The van der Waals surface area contributed by atoms with Gasteiger partial charge < -0.3 is 9.47 Å². The van der Waals surface area contributed by atoms with E-state index in [1.54, 1.807) is 30.3 Å². The van der Waals surface area contributed by atoms with Crippen LogP contribution in [0.15, 0.2) is 83.5 Å². The van der Waals surface area contributed by atoms with E-state index in [4.69, 9.17) is 21.1 Å². The molecule has 0 fully saturated rings. The van der Waals surface area contributed by atoms with Crippen molar-refractivity contribution in [2.24, 2.45) is 4.99 Å². The number of rotatable bonds is 6. The van der Waals surface area contributed by atoms with E-state index in [0.29, 0.717) is 17.9 Å². The van der Waals surface area contributed by atoms with Gasteiger partial charge in [-0.1, -0.05) is 54.1 Å². The fourth-order valence-electron chi connectivity index (χ4n) is 2.87. The smallest absolute Gasteiger partial charge is 0.363 e. The minimum atomic E-state index is -0.631. The summed E-state index contributed by atoms with van der Waals surface area (Å²) < 4.78 is 10.9. The zero-order valence-corrected chi connectivity index (χ0v) is 16.8. The first-order valence-corrected chi connectivity index (χ1v) is 9.61. The van der Waals surface area contributed by atoms with Crippen LogP contribution < -0.4 is 4.74 Å². The zero-order valence-electron chi connectivity index (χ0n) is 16.0. The van der Waals surface area contributed by atoms with Crippen molar-refractivity contribution in [2.45, 2.75) is 6.61 Å². The van der Waals surface area contributed by atoms with Crippen molar-refractivity contribution in [3.05, 3.63) is 110 Å². The molecule has 0 saturated carbocycles. The van der Waals surface area contributed by atoms with Crippen LogP contribution in [0.4, 0.5) is 5.69 Å². The summed E-state index contributed by atoms with van der Waals surface area (Å²) in [5.74, 6) is 0.0645. The van der Waals surface area contributed by atoms with Crippen LogP contribution in [0, 0.1) is 10.1 Å². The van der Waals surface area contributed by atoms with Gasteiger partial charge in [0.05, 0.1) is 15.5 Å². The van der Waals surface area contributed by atoms with Gasteiger partial charge in [0.15, 0.2) is 5.70 Å². The van der Waals surface area contributed by atoms with E-state index in [9.17, 15) is 14.9 Å². The topological polar surface area (TPSA) is 91.0 Å². The summed E-state index contributed by atoms with van der Waals surface area (Å²) in [6.07, 6.45) is 1.58. The Balaban J connectivity index is 1.49. The van der Waals surface area contributed by atoms with Crippen LogP contribution in [0.2, 0.25) is 5.02 Å². The Morgan fingerprint density at radius 3 is 2.48 bits per heavy atom. The van der Waals surface area contributed by atoms with Gasteiger partial charge >= 0.3 is 5.97 Å². The van der Waals surface area contributed by atoms with Gasteiger partial charge in [-0.2, -0.15) is 0 Å². The Kier molecular flexibility index (Phi) is 5.77. The third kappa shape index (κ3) is 4.79. The molecule has 0 saturated heterocycles. The molecule has 1 aliphatic heterocycles. The number of cyclic esters (lactones) is 1. The minimum Gasteiger partial charge on any atom is -0.489 e. The summed E-state index contributed by atoms with van der Waals surface area (Å²) in [7, 11) is 0. The number of hydrogen-bond acceptors (Lipinski definition) is 6. The number of hydrogen-bond donors (Lipinski definition) is 0. The van der Waals surface area contributed by atoms with Crippen LogP contribution >= 0.6 is 11.6 Å². The molecule has 3 aromatic carbocycles. The molecule has 0 amide bonds. The summed E-state index contributed by atoms with van der Waals surface area (Å²) in [5.41, 5.74) is 2.04. The van der Waals surface area contributed by atoms with Crippen LogP contribution in [-0.2, 0) is 16.1 Å². The van der Waals surface area contributed by atoms with Gasteiger partial charge in [0, 0.05) is 12.1 Å². The van der Waals surface area contributed by atoms with E-state index in [1.165, 1.54) is 18.2 Å². The van der Waals surface area contributed by atoms with Crippen molar-refractivity contribution >= 4 is 35.2 Å². The molecule has 31 heavy (non-hydrogen) atoms. The number of non-ortho nitro benzene ring substituents is 1. The van der Waals surface area contributed by atoms with Crippen molar-refractivity contribution < 1.29 is 19.2 Å². The highest BCUT2D eigenvalue weighted by atomic mass is 35.5. The number of carbonyl (C=O) groups excluding carboxylic acids is 1. The highest BCUT2D eigenvalue weighted by Gasteiger charge is 2.26. The molecule has 0 atom stereocenters. The second kappa shape index (κ2) is 8.81. The summed E-state index contributed by atoms with van der Waals surface area (Å²) in [6.45, 7) is 0.456. The molecule has 0 unspecified atom stereocenters. The number of nitro groups is 1. The second-order valence-electron chi connectivity index (χ2n) is 6.60. The van der Waals surface area contributed by atoms with Crippen molar-refractivity contribution in [2.75, 3.05) is 0 Å². The van der Waals surface area contributed by atoms with Crippen molar-refractivity contribution in [3.8, 4) is 5.75 Å². The first-order chi connectivity index (χ1) is 15.0. The van der Waals surface area contributed by atoms with E-state index in [0.717, 1.165) is 11.1 Å². The Hall–Kier alpha value is -3.97. The molecular weight excluding hydrogens is 420 g/mol. The number of nitro benzene ring substituents is 1. The van der Waals surface area contributed by atoms with E-state index in [1.807, 2.05) is 30.3 Å². The highest BCUT2D eigenvalue weighted by molar-refractivity contribution is 6.34. The molecule has 154 valence electrons. The van der Waals surface area contributed by atoms with Gasteiger partial charge in [-0.3, -0.25) is 10.1 Å². The molecule has 0 bridgehead atoms. The number of aliphatic imine (C=N–C) groups is 1.